The van der Waals surface area contributed by atoms with Crippen LogP contribution in [0, 0.1) is 29.6 Å². The number of halogens is 1. The Morgan fingerprint density at radius 1 is 0.459 bits per heavy atom. The Balaban J connectivity index is 0.909. The first-order valence-corrected chi connectivity index (χ1v) is 22.2. The molecule has 0 amide bonds. The van der Waals surface area contributed by atoms with E-state index in [0.29, 0.717) is 38.8 Å². The van der Waals surface area contributed by atoms with Crippen molar-refractivity contribution in [2.75, 3.05) is 26.4 Å². The van der Waals surface area contributed by atoms with Crippen LogP contribution < -0.4 is 18.9 Å². The van der Waals surface area contributed by atoms with E-state index in [9.17, 15) is 0 Å². The fourth-order valence-electron chi connectivity index (χ4n) is 9.64. The maximum atomic E-state index is 15.0. The van der Waals surface area contributed by atoms with Gasteiger partial charge in [-0.05, 0) is 146 Å². The number of ether oxygens (including phenoxy) is 4. The number of hydrogen-bond acceptors (Lipinski definition) is 4. The molecule has 0 radical (unpaired) electrons. The highest BCUT2D eigenvalue weighted by molar-refractivity contribution is 6.06. The smallest absolute Gasteiger partial charge is 0.120 e. The van der Waals surface area contributed by atoms with Gasteiger partial charge in [0.1, 0.15) is 29.2 Å². The topological polar surface area (TPSA) is 36.9 Å². The molecule has 0 N–H and O–H groups in total. The van der Waals surface area contributed by atoms with E-state index in [0.717, 1.165) is 73.4 Å². The molecular weight excluding hydrogens is 756 g/mol. The van der Waals surface area contributed by atoms with E-state index in [1.54, 1.807) is 0 Å². The van der Waals surface area contributed by atoms with Crippen LogP contribution in [0.25, 0.3) is 54.2 Å². The summed E-state index contributed by atoms with van der Waals surface area (Å²) in [6.07, 6.45) is 4.26. The highest BCUT2D eigenvalue weighted by Gasteiger charge is 2.38. The molecule has 0 spiro atoms. The van der Waals surface area contributed by atoms with Gasteiger partial charge in [0, 0.05) is 11.8 Å². The molecule has 4 unspecified atom stereocenters. The van der Waals surface area contributed by atoms with Crippen LogP contribution >= 0.6 is 0 Å². The van der Waals surface area contributed by atoms with Crippen LogP contribution in [-0.4, -0.2) is 32.6 Å². The summed E-state index contributed by atoms with van der Waals surface area (Å²) in [5.41, 5.74) is 2.17. The van der Waals surface area contributed by atoms with Crippen molar-refractivity contribution in [3.05, 3.63) is 158 Å². The first-order valence-electron chi connectivity index (χ1n) is 22.2. The van der Waals surface area contributed by atoms with Gasteiger partial charge in [-0.2, -0.15) is 0 Å². The van der Waals surface area contributed by atoms with Crippen LogP contribution in [0.15, 0.2) is 158 Å². The molecular formula is C56H53FO4. The number of fused-ring (bicyclic) bond motifs is 4. The van der Waals surface area contributed by atoms with Crippen molar-refractivity contribution in [1.82, 2.24) is 0 Å². The maximum absolute atomic E-state index is 15.0. The molecule has 61 heavy (non-hydrogen) atoms. The minimum Gasteiger partial charge on any atom is -0.493 e. The van der Waals surface area contributed by atoms with E-state index in [4.69, 9.17) is 18.9 Å². The molecule has 0 bridgehead atoms. The predicted molar refractivity (Wildman–Crippen MR) is 248 cm³/mol. The zero-order chi connectivity index (χ0) is 41.1. The molecule has 10 rings (SSSR count). The minimum atomic E-state index is -0.836. The third-order valence-corrected chi connectivity index (χ3v) is 13.6. The Kier molecular flexibility index (Phi) is 11.2. The number of hydrogen-bond donors (Lipinski definition) is 0. The van der Waals surface area contributed by atoms with E-state index in [2.05, 4.69) is 146 Å². The summed E-state index contributed by atoms with van der Waals surface area (Å²) in [6, 6.07) is 54.8. The molecule has 2 aliphatic carbocycles. The molecule has 308 valence electrons. The summed E-state index contributed by atoms with van der Waals surface area (Å²) in [5.74, 6) is 4.73. The average Bonchev–Trinajstić information content (AvgIpc) is 3.28. The van der Waals surface area contributed by atoms with Crippen LogP contribution in [0.4, 0.5) is 4.39 Å². The lowest BCUT2D eigenvalue weighted by Gasteiger charge is -2.40. The molecule has 8 aromatic rings. The molecule has 4 nitrogen and oxygen atoms in total. The molecule has 8 aromatic carbocycles. The zero-order valence-electron chi connectivity index (χ0n) is 34.9. The molecule has 5 heteroatoms. The van der Waals surface area contributed by atoms with Gasteiger partial charge in [0.05, 0.1) is 26.4 Å². The summed E-state index contributed by atoms with van der Waals surface area (Å²) in [6.45, 7) is 4.25. The Bertz CT molecular complexity index is 2790. The normalized spacial score (nSPS) is 19.6. The summed E-state index contributed by atoms with van der Waals surface area (Å²) >= 11 is 0. The predicted octanol–water partition coefficient (Wildman–Crippen LogP) is 14.3. The second-order valence-corrected chi connectivity index (χ2v) is 17.4. The monoisotopic (exact) mass is 808 g/mol. The number of alkyl halides is 1. The summed E-state index contributed by atoms with van der Waals surface area (Å²) in [4.78, 5) is 0. The van der Waals surface area contributed by atoms with Gasteiger partial charge in [0.2, 0.25) is 0 Å². The van der Waals surface area contributed by atoms with Gasteiger partial charge < -0.3 is 18.9 Å². The van der Waals surface area contributed by atoms with Crippen LogP contribution in [0.1, 0.15) is 39.0 Å². The largest absolute Gasteiger partial charge is 0.493 e. The van der Waals surface area contributed by atoms with Gasteiger partial charge in [-0.3, -0.25) is 0 Å². The molecule has 0 aromatic heterocycles. The van der Waals surface area contributed by atoms with E-state index in [-0.39, 0.29) is 17.8 Å². The van der Waals surface area contributed by atoms with E-state index >= 15 is 4.39 Å². The van der Waals surface area contributed by atoms with Crippen molar-refractivity contribution in [1.29, 1.82) is 0 Å². The first kappa shape index (κ1) is 39.1. The van der Waals surface area contributed by atoms with E-state index in [1.807, 2.05) is 18.2 Å². The Labute approximate surface area is 358 Å². The van der Waals surface area contributed by atoms with Crippen LogP contribution in [0.2, 0.25) is 0 Å². The Hall–Kier alpha value is -6.07. The quantitative estimate of drug-likeness (QED) is 0.0974. The summed E-state index contributed by atoms with van der Waals surface area (Å²) in [5, 5.41) is 9.18. The van der Waals surface area contributed by atoms with Gasteiger partial charge >= 0.3 is 0 Å². The van der Waals surface area contributed by atoms with Gasteiger partial charge in [0.25, 0.3) is 0 Å². The molecule has 2 saturated carbocycles. The van der Waals surface area contributed by atoms with Crippen molar-refractivity contribution in [3.8, 4) is 34.1 Å². The van der Waals surface area contributed by atoms with Gasteiger partial charge in [-0.1, -0.05) is 123 Å². The van der Waals surface area contributed by atoms with Crippen LogP contribution in [0.3, 0.4) is 0 Å². The zero-order valence-corrected chi connectivity index (χ0v) is 34.9. The average molecular weight is 809 g/mol. The Morgan fingerprint density at radius 3 is 1.34 bits per heavy atom. The third-order valence-electron chi connectivity index (χ3n) is 13.6. The fraction of sp³-hybridized carbons (Fsp3) is 0.286. The molecule has 4 atom stereocenters. The Morgan fingerprint density at radius 2 is 0.885 bits per heavy atom. The van der Waals surface area contributed by atoms with Crippen molar-refractivity contribution in [2.45, 2.75) is 45.2 Å². The lowest BCUT2D eigenvalue weighted by Crippen LogP contribution is -2.39. The second-order valence-electron chi connectivity index (χ2n) is 17.4. The van der Waals surface area contributed by atoms with Crippen molar-refractivity contribution >= 4 is 43.1 Å². The minimum absolute atomic E-state index is 0.0900. The molecule has 0 saturated heterocycles. The highest BCUT2D eigenvalue weighted by atomic mass is 19.1. The van der Waals surface area contributed by atoms with Gasteiger partial charge in [-0.25, -0.2) is 4.39 Å². The SMILES string of the molecule is CCC1CC(C(COc2ccc3ccccc3c2)COc2cc(-c3cc(OCC(COc4ccc5ccccc5c4)C4CCC4F)cc4ccccc34)c3ccccc3c2)C1. The number of rotatable bonds is 16. The van der Waals surface area contributed by atoms with E-state index < -0.39 is 6.17 Å². The molecule has 2 fully saturated rings. The standard InChI is InChI=1S/C56H53FO4/c1-2-37-25-44(26-37)45(33-58-47-21-19-38-11-3-5-13-40(38)27-47)34-60-49-29-42-15-7-9-17-51(42)54(31-49)55-32-50(30-43-16-8-10-18-52(43)55)61-36-46(53-23-24-56(53)57)35-59-48-22-20-39-12-4-6-14-41(39)28-48/h3-22,27-32,37,44-46,53,56H,2,23-26,33-36H2,1H3. The van der Waals surface area contributed by atoms with Gasteiger partial charge in [-0.15, -0.1) is 0 Å². The summed E-state index contributed by atoms with van der Waals surface area (Å²) in [7, 11) is 0. The third kappa shape index (κ3) is 8.48. The maximum Gasteiger partial charge on any atom is 0.120 e. The van der Waals surface area contributed by atoms with Crippen LogP contribution in [0.5, 0.6) is 23.0 Å². The van der Waals surface area contributed by atoms with E-state index in [1.165, 1.54) is 35.4 Å². The summed E-state index contributed by atoms with van der Waals surface area (Å²) < 4.78 is 41.4. The van der Waals surface area contributed by atoms with Crippen molar-refractivity contribution < 1.29 is 23.3 Å². The highest BCUT2D eigenvalue weighted by Crippen LogP contribution is 2.43. The second kappa shape index (κ2) is 17.5. The fourth-order valence-corrected chi connectivity index (χ4v) is 9.64. The molecule has 2 aliphatic rings. The lowest BCUT2D eigenvalue weighted by molar-refractivity contribution is 0.0167. The lowest BCUT2D eigenvalue weighted by atomic mass is 9.68. The molecule has 0 heterocycles. The van der Waals surface area contributed by atoms with Gasteiger partial charge in [0.15, 0.2) is 0 Å². The molecule has 0 aliphatic heterocycles. The number of benzene rings is 8. The van der Waals surface area contributed by atoms with Crippen molar-refractivity contribution in [3.63, 3.8) is 0 Å². The first-order chi connectivity index (χ1) is 30.0. The van der Waals surface area contributed by atoms with Crippen LogP contribution in [-0.2, 0) is 0 Å². The van der Waals surface area contributed by atoms with Crippen molar-refractivity contribution in [2.24, 2.45) is 29.6 Å².